The molecule has 1 fully saturated rings. The van der Waals surface area contributed by atoms with Gasteiger partial charge in [0.15, 0.2) is 0 Å². The molecular formula is C15H27NO3S. The number of hydrogen-bond donors (Lipinski definition) is 0. The van der Waals surface area contributed by atoms with Gasteiger partial charge in [0.2, 0.25) is 5.91 Å². The Morgan fingerprint density at radius 1 is 1.50 bits per heavy atom. The first-order chi connectivity index (χ1) is 9.08. The third-order valence-electron chi connectivity index (χ3n) is 4.15. The molecule has 116 valence electrons. The summed E-state index contributed by atoms with van der Waals surface area (Å²) >= 11 is 0. The third-order valence-corrected chi connectivity index (χ3v) is 5.25. The highest BCUT2D eigenvalue weighted by Crippen LogP contribution is 2.37. The minimum Gasteiger partial charge on any atom is -0.339 e. The minimum atomic E-state index is -3.13. The highest BCUT2D eigenvalue weighted by molar-refractivity contribution is 7.90. The third kappa shape index (κ3) is 4.33. The molecule has 0 N–H and O–H groups in total. The second-order valence-corrected chi connectivity index (χ2v) is 8.84. The van der Waals surface area contributed by atoms with Crippen molar-refractivity contribution < 1.29 is 13.2 Å². The number of hydrogen-bond acceptors (Lipinski definition) is 3. The molecule has 20 heavy (non-hydrogen) atoms. The van der Waals surface area contributed by atoms with Crippen molar-refractivity contribution in [1.82, 2.24) is 4.90 Å². The van der Waals surface area contributed by atoms with Crippen LogP contribution in [0.15, 0.2) is 12.7 Å². The number of rotatable bonds is 5. The molecule has 1 aliphatic rings. The lowest BCUT2D eigenvalue weighted by atomic mass is 9.74. The zero-order valence-electron chi connectivity index (χ0n) is 13.1. The van der Waals surface area contributed by atoms with Gasteiger partial charge in [-0.05, 0) is 24.7 Å². The molecule has 4 nitrogen and oxygen atoms in total. The Balaban J connectivity index is 2.91. The molecule has 1 aliphatic heterocycles. The molecule has 0 aromatic carbocycles. The summed E-state index contributed by atoms with van der Waals surface area (Å²) in [5, 5.41) is 0. The summed E-state index contributed by atoms with van der Waals surface area (Å²) in [6.07, 6.45) is 5.83. The molecule has 1 rings (SSSR count). The van der Waals surface area contributed by atoms with Crippen LogP contribution < -0.4 is 0 Å². The average Bonchev–Trinajstić information content (AvgIpc) is 2.28. The number of sulfone groups is 1. The SMILES string of the molecule is C=CCC1N(C(=O)C(C)CS(C)(=O)=O)CCCC1(C)C. The molecular weight excluding hydrogens is 274 g/mol. The topological polar surface area (TPSA) is 54.5 Å². The maximum Gasteiger partial charge on any atom is 0.226 e. The number of nitrogens with zero attached hydrogens (tertiary/aromatic N) is 1. The second kappa shape index (κ2) is 6.29. The molecule has 0 radical (unpaired) electrons. The van der Waals surface area contributed by atoms with Crippen molar-refractivity contribution in [3.05, 3.63) is 12.7 Å². The zero-order chi connectivity index (χ0) is 15.6. The predicted molar refractivity (Wildman–Crippen MR) is 82.2 cm³/mol. The number of amides is 1. The molecule has 0 spiro atoms. The first-order valence-corrected chi connectivity index (χ1v) is 9.23. The van der Waals surface area contributed by atoms with Gasteiger partial charge in [-0.2, -0.15) is 0 Å². The van der Waals surface area contributed by atoms with Gasteiger partial charge in [-0.3, -0.25) is 4.79 Å². The zero-order valence-corrected chi connectivity index (χ0v) is 13.9. The summed E-state index contributed by atoms with van der Waals surface area (Å²) < 4.78 is 22.8. The molecule has 0 aromatic rings. The normalized spacial score (nSPS) is 24.2. The molecule has 0 aromatic heterocycles. The van der Waals surface area contributed by atoms with Gasteiger partial charge in [-0.15, -0.1) is 6.58 Å². The lowest BCUT2D eigenvalue weighted by molar-refractivity contribution is -0.142. The van der Waals surface area contributed by atoms with E-state index in [1.54, 1.807) is 6.92 Å². The van der Waals surface area contributed by atoms with Crippen LogP contribution in [0.4, 0.5) is 0 Å². The fraction of sp³-hybridized carbons (Fsp3) is 0.800. The van der Waals surface area contributed by atoms with Crippen molar-refractivity contribution in [3.63, 3.8) is 0 Å². The van der Waals surface area contributed by atoms with E-state index >= 15 is 0 Å². The summed E-state index contributed by atoms with van der Waals surface area (Å²) in [7, 11) is -3.13. The minimum absolute atomic E-state index is 0.0462. The predicted octanol–water partition coefficient (Wildman–Crippen LogP) is 2.26. The maximum absolute atomic E-state index is 12.6. The van der Waals surface area contributed by atoms with Crippen LogP contribution in [0.1, 0.15) is 40.0 Å². The summed E-state index contributed by atoms with van der Waals surface area (Å²) in [6, 6.07) is 0.114. The van der Waals surface area contributed by atoms with Crippen LogP contribution in [-0.2, 0) is 14.6 Å². The lowest BCUT2D eigenvalue weighted by Crippen LogP contribution is -2.54. The highest BCUT2D eigenvalue weighted by Gasteiger charge is 2.40. The molecule has 1 saturated heterocycles. The van der Waals surface area contributed by atoms with Crippen molar-refractivity contribution >= 4 is 15.7 Å². The largest absolute Gasteiger partial charge is 0.339 e. The van der Waals surface area contributed by atoms with Crippen LogP contribution in [0, 0.1) is 11.3 Å². The van der Waals surface area contributed by atoms with E-state index in [1.807, 2.05) is 11.0 Å². The summed E-state index contributed by atoms with van der Waals surface area (Å²) in [5.74, 6) is -0.606. The van der Waals surface area contributed by atoms with Crippen molar-refractivity contribution in [3.8, 4) is 0 Å². The fourth-order valence-electron chi connectivity index (χ4n) is 3.13. The monoisotopic (exact) mass is 301 g/mol. The Morgan fingerprint density at radius 2 is 2.10 bits per heavy atom. The van der Waals surface area contributed by atoms with Gasteiger partial charge in [-0.25, -0.2) is 8.42 Å². The molecule has 1 amide bonds. The van der Waals surface area contributed by atoms with E-state index < -0.39 is 15.8 Å². The van der Waals surface area contributed by atoms with Crippen molar-refractivity contribution in [2.75, 3.05) is 18.6 Å². The summed E-state index contributed by atoms with van der Waals surface area (Å²) in [4.78, 5) is 14.5. The molecule has 0 saturated carbocycles. The van der Waals surface area contributed by atoms with Gasteiger partial charge < -0.3 is 4.90 Å². The van der Waals surface area contributed by atoms with Crippen LogP contribution in [-0.4, -0.2) is 43.8 Å². The molecule has 1 heterocycles. The quantitative estimate of drug-likeness (QED) is 0.732. The fourth-order valence-corrected chi connectivity index (χ4v) is 4.18. The Bertz CT molecular complexity index is 468. The van der Waals surface area contributed by atoms with E-state index in [4.69, 9.17) is 0 Å². The van der Waals surface area contributed by atoms with E-state index in [0.29, 0.717) is 0 Å². The van der Waals surface area contributed by atoms with Crippen molar-refractivity contribution in [1.29, 1.82) is 0 Å². The van der Waals surface area contributed by atoms with E-state index in [1.165, 1.54) is 6.26 Å². The van der Waals surface area contributed by atoms with Crippen molar-refractivity contribution in [2.45, 2.75) is 46.1 Å². The molecule has 0 aliphatic carbocycles. The number of piperidine rings is 1. The van der Waals surface area contributed by atoms with Gasteiger partial charge in [-0.1, -0.05) is 26.8 Å². The molecule has 2 atom stereocenters. The van der Waals surface area contributed by atoms with Crippen LogP contribution in [0.2, 0.25) is 0 Å². The van der Waals surface area contributed by atoms with Crippen LogP contribution >= 0.6 is 0 Å². The summed E-state index contributed by atoms with van der Waals surface area (Å²) in [6.45, 7) is 10.5. The number of likely N-dealkylation sites (tertiary alicyclic amines) is 1. The smallest absolute Gasteiger partial charge is 0.226 e. The second-order valence-electron chi connectivity index (χ2n) is 6.66. The van der Waals surface area contributed by atoms with Gasteiger partial charge in [0.05, 0.1) is 5.75 Å². The molecule has 5 heteroatoms. The van der Waals surface area contributed by atoms with E-state index in [9.17, 15) is 13.2 Å². The van der Waals surface area contributed by atoms with Gasteiger partial charge >= 0.3 is 0 Å². The maximum atomic E-state index is 12.6. The molecule has 0 bridgehead atoms. The van der Waals surface area contributed by atoms with Crippen LogP contribution in [0.5, 0.6) is 0 Å². The lowest BCUT2D eigenvalue weighted by Gasteiger charge is -2.47. The number of carbonyl (C=O) groups excluding carboxylic acids is 1. The van der Waals surface area contributed by atoms with E-state index in [0.717, 1.165) is 25.8 Å². The Labute approximate surface area is 123 Å². The first-order valence-electron chi connectivity index (χ1n) is 7.17. The average molecular weight is 301 g/mol. The summed E-state index contributed by atoms with van der Waals surface area (Å²) in [5.41, 5.74) is 0.0485. The van der Waals surface area contributed by atoms with E-state index in [2.05, 4.69) is 20.4 Å². The Morgan fingerprint density at radius 3 is 2.60 bits per heavy atom. The van der Waals surface area contributed by atoms with E-state index in [-0.39, 0.29) is 23.1 Å². The highest BCUT2D eigenvalue weighted by atomic mass is 32.2. The standard InChI is InChI=1S/C15H27NO3S/c1-6-8-13-15(3,4)9-7-10-16(13)14(17)12(2)11-20(5,18)19/h6,12-13H,1,7-11H2,2-5H3. The van der Waals surface area contributed by atoms with Crippen LogP contribution in [0.25, 0.3) is 0 Å². The van der Waals surface area contributed by atoms with Gasteiger partial charge in [0, 0.05) is 24.8 Å². The Kier molecular flexibility index (Phi) is 5.41. The van der Waals surface area contributed by atoms with Crippen LogP contribution in [0.3, 0.4) is 0 Å². The first kappa shape index (κ1) is 17.2. The number of carbonyl (C=O) groups is 1. The van der Waals surface area contributed by atoms with Crippen molar-refractivity contribution in [2.24, 2.45) is 11.3 Å². The van der Waals surface area contributed by atoms with Gasteiger partial charge in [0.25, 0.3) is 0 Å². The molecule has 2 unspecified atom stereocenters. The van der Waals surface area contributed by atoms with Gasteiger partial charge in [0.1, 0.15) is 9.84 Å². The Hall–Kier alpha value is -0.840.